The largest absolute Gasteiger partial charge is 0.379 e. The molecule has 0 aliphatic rings. The zero-order valence-electron chi connectivity index (χ0n) is 8.97. The van der Waals surface area contributed by atoms with Crippen molar-refractivity contribution in [3.63, 3.8) is 0 Å². The van der Waals surface area contributed by atoms with Crippen molar-refractivity contribution < 1.29 is 9.47 Å². The Hall–Kier alpha value is -0.120. The molecule has 0 unspecified atom stereocenters. The Morgan fingerprint density at radius 2 is 1.62 bits per heavy atom. The van der Waals surface area contributed by atoms with Crippen LogP contribution in [0.2, 0.25) is 0 Å². The summed E-state index contributed by atoms with van der Waals surface area (Å²) < 4.78 is 10.7. The topological polar surface area (TPSA) is 30.5 Å². The molecule has 13 heavy (non-hydrogen) atoms. The Labute approximate surface area is 81.8 Å². The van der Waals surface area contributed by atoms with E-state index in [2.05, 4.69) is 12.2 Å². The number of ether oxygens (including phenoxy) is 2. The quantitative estimate of drug-likeness (QED) is 0.527. The highest BCUT2D eigenvalue weighted by Gasteiger charge is 1.89. The second kappa shape index (κ2) is 11.9. The molecule has 0 saturated carbocycles. The Bertz CT molecular complexity index is 79.0. The molecular formula is C10H23NO2. The van der Waals surface area contributed by atoms with E-state index in [1.54, 1.807) is 0 Å². The first-order valence-corrected chi connectivity index (χ1v) is 5.22. The van der Waals surface area contributed by atoms with Crippen LogP contribution in [0.4, 0.5) is 0 Å². The van der Waals surface area contributed by atoms with Crippen molar-refractivity contribution in [2.75, 3.05) is 40.0 Å². The maximum atomic E-state index is 5.37. The van der Waals surface area contributed by atoms with Crippen molar-refractivity contribution >= 4 is 0 Å². The van der Waals surface area contributed by atoms with Gasteiger partial charge in [-0.3, -0.25) is 0 Å². The van der Waals surface area contributed by atoms with Gasteiger partial charge in [-0.25, -0.2) is 0 Å². The van der Waals surface area contributed by atoms with E-state index in [9.17, 15) is 0 Å². The van der Waals surface area contributed by atoms with Gasteiger partial charge in [-0.15, -0.1) is 0 Å². The van der Waals surface area contributed by atoms with E-state index in [0.717, 1.165) is 26.4 Å². The van der Waals surface area contributed by atoms with Gasteiger partial charge in [-0.05, 0) is 13.5 Å². The molecule has 80 valence electrons. The summed E-state index contributed by atoms with van der Waals surface area (Å²) >= 11 is 0. The Kier molecular flexibility index (Phi) is 11.8. The zero-order valence-corrected chi connectivity index (χ0v) is 8.97. The molecule has 0 aromatic carbocycles. The first kappa shape index (κ1) is 12.9. The van der Waals surface area contributed by atoms with Gasteiger partial charge in [0.2, 0.25) is 0 Å². The zero-order chi connectivity index (χ0) is 9.78. The predicted octanol–water partition coefficient (Wildman–Crippen LogP) is 1.43. The minimum Gasteiger partial charge on any atom is -0.379 e. The fourth-order valence-corrected chi connectivity index (χ4v) is 0.950. The summed E-state index contributed by atoms with van der Waals surface area (Å²) in [7, 11) is 1.92. The van der Waals surface area contributed by atoms with Crippen LogP contribution in [0.3, 0.4) is 0 Å². The van der Waals surface area contributed by atoms with Gasteiger partial charge in [0.05, 0.1) is 19.8 Å². The molecule has 0 aromatic heterocycles. The van der Waals surface area contributed by atoms with Crippen molar-refractivity contribution in [3.05, 3.63) is 0 Å². The van der Waals surface area contributed by atoms with E-state index >= 15 is 0 Å². The lowest BCUT2D eigenvalue weighted by Crippen LogP contribution is -2.16. The smallest absolute Gasteiger partial charge is 0.0701 e. The Balaban J connectivity index is 2.76. The number of unbranched alkanes of at least 4 members (excludes halogenated alkanes) is 2. The van der Waals surface area contributed by atoms with Crippen LogP contribution >= 0.6 is 0 Å². The lowest BCUT2D eigenvalue weighted by Gasteiger charge is -2.04. The van der Waals surface area contributed by atoms with Gasteiger partial charge in [0.1, 0.15) is 0 Å². The maximum Gasteiger partial charge on any atom is 0.0701 e. The lowest BCUT2D eigenvalue weighted by atomic mass is 10.3. The Morgan fingerprint density at radius 3 is 2.23 bits per heavy atom. The molecule has 3 heteroatoms. The van der Waals surface area contributed by atoms with Gasteiger partial charge >= 0.3 is 0 Å². The molecule has 1 N–H and O–H groups in total. The molecule has 0 radical (unpaired) electrons. The number of nitrogens with one attached hydrogen (secondary N) is 1. The standard InChI is InChI=1S/C10H23NO2/c1-3-4-5-7-12-9-10-13-8-6-11-2/h11H,3-10H2,1-2H3. The van der Waals surface area contributed by atoms with Gasteiger partial charge in [-0.1, -0.05) is 19.8 Å². The van der Waals surface area contributed by atoms with Crippen molar-refractivity contribution in [1.29, 1.82) is 0 Å². The third-order valence-corrected chi connectivity index (χ3v) is 1.76. The number of hydrogen-bond donors (Lipinski definition) is 1. The molecule has 0 bridgehead atoms. The third-order valence-electron chi connectivity index (χ3n) is 1.76. The minimum absolute atomic E-state index is 0.716. The fourth-order valence-electron chi connectivity index (χ4n) is 0.950. The number of rotatable bonds is 10. The van der Waals surface area contributed by atoms with E-state index in [1.165, 1.54) is 19.3 Å². The monoisotopic (exact) mass is 189 g/mol. The first-order chi connectivity index (χ1) is 6.41. The summed E-state index contributed by atoms with van der Waals surface area (Å²) in [4.78, 5) is 0. The van der Waals surface area contributed by atoms with Crippen molar-refractivity contribution in [2.24, 2.45) is 0 Å². The molecule has 0 amide bonds. The molecule has 0 aliphatic heterocycles. The second-order valence-corrected chi connectivity index (χ2v) is 3.04. The van der Waals surface area contributed by atoms with E-state index in [1.807, 2.05) is 7.05 Å². The van der Waals surface area contributed by atoms with E-state index in [4.69, 9.17) is 9.47 Å². The molecule has 0 aromatic rings. The molecular weight excluding hydrogens is 166 g/mol. The first-order valence-electron chi connectivity index (χ1n) is 5.22. The molecule has 0 aliphatic carbocycles. The highest BCUT2D eigenvalue weighted by molar-refractivity contribution is 4.38. The van der Waals surface area contributed by atoms with Gasteiger partial charge < -0.3 is 14.8 Å². The molecule has 0 fully saturated rings. The average Bonchev–Trinajstić information content (AvgIpc) is 2.16. The van der Waals surface area contributed by atoms with Gasteiger partial charge in [0.15, 0.2) is 0 Å². The van der Waals surface area contributed by atoms with Crippen LogP contribution in [-0.4, -0.2) is 40.0 Å². The maximum absolute atomic E-state index is 5.37. The lowest BCUT2D eigenvalue weighted by molar-refractivity contribution is 0.0479. The molecule has 0 atom stereocenters. The molecule has 3 nitrogen and oxygen atoms in total. The summed E-state index contributed by atoms with van der Waals surface area (Å²) in [5.74, 6) is 0. The van der Waals surface area contributed by atoms with Crippen LogP contribution in [0.5, 0.6) is 0 Å². The number of hydrogen-bond acceptors (Lipinski definition) is 3. The molecule has 0 heterocycles. The average molecular weight is 189 g/mol. The molecule has 0 spiro atoms. The van der Waals surface area contributed by atoms with Gasteiger partial charge in [0, 0.05) is 13.2 Å². The molecule has 0 saturated heterocycles. The normalized spacial score (nSPS) is 10.6. The third kappa shape index (κ3) is 11.9. The van der Waals surface area contributed by atoms with Crippen LogP contribution in [0.1, 0.15) is 26.2 Å². The highest BCUT2D eigenvalue weighted by atomic mass is 16.5. The fraction of sp³-hybridized carbons (Fsp3) is 1.00. The van der Waals surface area contributed by atoms with Crippen molar-refractivity contribution in [2.45, 2.75) is 26.2 Å². The van der Waals surface area contributed by atoms with E-state index in [0.29, 0.717) is 6.61 Å². The summed E-state index contributed by atoms with van der Waals surface area (Å²) in [6.45, 7) is 6.20. The second-order valence-electron chi connectivity index (χ2n) is 3.04. The summed E-state index contributed by atoms with van der Waals surface area (Å²) in [5, 5.41) is 3.02. The summed E-state index contributed by atoms with van der Waals surface area (Å²) in [6.07, 6.45) is 3.69. The van der Waals surface area contributed by atoms with Crippen LogP contribution in [-0.2, 0) is 9.47 Å². The Morgan fingerprint density at radius 1 is 0.923 bits per heavy atom. The van der Waals surface area contributed by atoms with E-state index < -0.39 is 0 Å². The predicted molar refractivity (Wildman–Crippen MR) is 55.1 cm³/mol. The van der Waals surface area contributed by atoms with Crippen LogP contribution in [0, 0.1) is 0 Å². The van der Waals surface area contributed by atoms with Crippen molar-refractivity contribution in [3.8, 4) is 0 Å². The van der Waals surface area contributed by atoms with Crippen LogP contribution < -0.4 is 5.32 Å². The van der Waals surface area contributed by atoms with Crippen LogP contribution in [0.25, 0.3) is 0 Å². The van der Waals surface area contributed by atoms with Crippen molar-refractivity contribution in [1.82, 2.24) is 5.32 Å². The van der Waals surface area contributed by atoms with Gasteiger partial charge in [0.25, 0.3) is 0 Å². The van der Waals surface area contributed by atoms with E-state index in [-0.39, 0.29) is 0 Å². The summed E-state index contributed by atoms with van der Waals surface area (Å²) in [5.41, 5.74) is 0. The summed E-state index contributed by atoms with van der Waals surface area (Å²) in [6, 6.07) is 0. The van der Waals surface area contributed by atoms with Gasteiger partial charge in [-0.2, -0.15) is 0 Å². The SMILES string of the molecule is CCCCCOCCOCCNC. The molecule has 0 rings (SSSR count). The number of likely N-dealkylation sites (N-methyl/N-ethyl adjacent to an activating group) is 1. The van der Waals surface area contributed by atoms with Crippen LogP contribution in [0.15, 0.2) is 0 Å². The minimum atomic E-state index is 0.716. The highest BCUT2D eigenvalue weighted by Crippen LogP contribution is 1.93.